The summed E-state index contributed by atoms with van der Waals surface area (Å²) in [6, 6.07) is 11.1. The Morgan fingerprint density at radius 3 is 2.39 bits per heavy atom. The van der Waals surface area contributed by atoms with Gasteiger partial charge >= 0.3 is 0 Å². The lowest BCUT2D eigenvalue weighted by Crippen LogP contribution is -2.40. The van der Waals surface area contributed by atoms with Gasteiger partial charge in [0.05, 0.1) is 38.0 Å². The van der Waals surface area contributed by atoms with Crippen molar-refractivity contribution in [1.29, 1.82) is 0 Å². The molecule has 0 spiro atoms. The predicted molar refractivity (Wildman–Crippen MR) is 115 cm³/mol. The Morgan fingerprint density at radius 2 is 1.71 bits per heavy atom. The topological polar surface area (TPSA) is 106 Å². The summed E-state index contributed by atoms with van der Waals surface area (Å²) in [5, 5.41) is 0. The molecule has 1 aliphatic heterocycles. The van der Waals surface area contributed by atoms with E-state index in [0.717, 1.165) is 0 Å². The lowest BCUT2D eigenvalue weighted by atomic mass is 10.1. The van der Waals surface area contributed by atoms with Gasteiger partial charge in [-0.3, -0.25) is 15.6 Å². The van der Waals surface area contributed by atoms with E-state index in [-0.39, 0.29) is 23.5 Å². The lowest BCUT2D eigenvalue weighted by Gasteiger charge is -2.26. The number of carbonyl (C=O) groups excluding carboxylic acids is 1. The largest absolute Gasteiger partial charge is 0.493 e. The molecule has 3 rings (SSSR count). The minimum Gasteiger partial charge on any atom is -0.493 e. The fraction of sp³-hybridized carbons (Fsp3) is 0.286. The van der Waals surface area contributed by atoms with Gasteiger partial charge < -0.3 is 14.2 Å². The highest BCUT2D eigenvalue weighted by atomic mass is 32.2. The maximum absolute atomic E-state index is 12.8. The maximum atomic E-state index is 12.8. The molecule has 1 heterocycles. The SMILES string of the molecule is C=C(NNC(=O)c1cccc(S(=O)(=O)N2CCOCC2)c1)c1ccc(OC)c(OC)c1. The summed E-state index contributed by atoms with van der Waals surface area (Å²) in [5.74, 6) is 0.595. The van der Waals surface area contributed by atoms with Crippen LogP contribution in [0.5, 0.6) is 11.5 Å². The van der Waals surface area contributed by atoms with Crippen molar-refractivity contribution in [3.8, 4) is 11.5 Å². The van der Waals surface area contributed by atoms with Gasteiger partial charge in [-0.05, 0) is 36.4 Å². The van der Waals surface area contributed by atoms with E-state index in [4.69, 9.17) is 14.2 Å². The molecular weight excluding hydrogens is 422 g/mol. The summed E-state index contributed by atoms with van der Waals surface area (Å²) in [5.41, 5.74) is 6.57. The number of amides is 1. The van der Waals surface area contributed by atoms with Crippen LogP contribution in [0.15, 0.2) is 53.9 Å². The average Bonchev–Trinajstić information content (AvgIpc) is 2.82. The molecule has 0 unspecified atom stereocenters. The van der Waals surface area contributed by atoms with Crippen molar-refractivity contribution in [3.63, 3.8) is 0 Å². The van der Waals surface area contributed by atoms with E-state index in [1.165, 1.54) is 42.8 Å². The van der Waals surface area contributed by atoms with Crippen LogP contribution in [-0.2, 0) is 14.8 Å². The Kier molecular flexibility index (Phi) is 7.16. The molecule has 1 amide bonds. The molecule has 1 aliphatic rings. The third-order valence-electron chi connectivity index (χ3n) is 4.76. The summed E-state index contributed by atoms with van der Waals surface area (Å²) in [6.45, 7) is 5.17. The Balaban J connectivity index is 1.68. The molecule has 166 valence electrons. The van der Waals surface area contributed by atoms with Gasteiger partial charge in [0.1, 0.15) is 0 Å². The monoisotopic (exact) mass is 447 g/mol. The number of sulfonamides is 1. The van der Waals surface area contributed by atoms with Gasteiger partial charge in [-0.2, -0.15) is 4.31 Å². The molecule has 1 saturated heterocycles. The second-order valence-corrected chi connectivity index (χ2v) is 8.61. The zero-order chi connectivity index (χ0) is 22.4. The second-order valence-electron chi connectivity index (χ2n) is 6.67. The van der Waals surface area contributed by atoms with Crippen LogP contribution in [0, 0.1) is 0 Å². The molecule has 0 radical (unpaired) electrons. The average molecular weight is 448 g/mol. The Labute approximate surface area is 181 Å². The third kappa shape index (κ3) is 5.16. The van der Waals surface area contributed by atoms with Crippen molar-refractivity contribution in [2.75, 3.05) is 40.5 Å². The first-order valence-corrected chi connectivity index (χ1v) is 11.0. The number of benzene rings is 2. The van der Waals surface area contributed by atoms with Gasteiger partial charge in [0.15, 0.2) is 11.5 Å². The van der Waals surface area contributed by atoms with Gasteiger partial charge in [0.25, 0.3) is 5.91 Å². The molecule has 2 N–H and O–H groups in total. The number of nitrogens with zero attached hydrogens (tertiary/aromatic N) is 1. The van der Waals surface area contributed by atoms with Gasteiger partial charge in [-0.1, -0.05) is 12.6 Å². The number of carbonyl (C=O) groups is 1. The molecular formula is C21H25N3O6S. The smallest absolute Gasteiger partial charge is 0.269 e. The van der Waals surface area contributed by atoms with E-state index in [1.54, 1.807) is 18.2 Å². The van der Waals surface area contributed by atoms with Gasteiger partial charge in [-0.15, -0.1) is 0 Å². The first-order chi connectivity index (χ1) is 14.9. The summed E-state index contributed by atoms with van der Waals surface area (Å²) in [4.78, 5) is 12.6. The molecule has 2 aromatic rings. The first-order valence-electron chi connectivity index (χ1n) is 9.52. The van der Waals surface area contributed by atoms with Crippen LogP contribution in [0.4, 0.5) is 0 Å². The third-order valence-corrected chi connectivity index (χ3v) is 6.66. The maximum Gasteiger partial charge on any atom is 0.269 e. The molecule has 0 atom stereocenters. The van der Waals surface area contributed by atoms with E-state index >= 15 is 0 Å². The number of morpholine rings is 1. The van der Waals surface area contributed by atoms with E-state index in [2.05, 4.69) is 17.4 Å². The number of hydrazine groups is 1. The van der Waals surface area contributed by atoms with Crippen molar-refractivity contribution in [2.45, 2.75) is 4.90 Å². The highest BCUT2D eigenvalue weighted by Gasteiger charge is 2.26. The van der Waals surface area contributed by atoms with E-state index in [1.807, 2.05) is 0 Å². The highest BCUT2D eigenvalue weighted by molar-refractivity contribution is 7.89. The molecule has 1 fully saturated rings. The van der Waals surface area contributed by atoms with Crippen molar-refractivity contribution in [1.82, 2.24) is 15.2 Å². The number of hydrogen-bond acceptors (Lipinski definition) is 7. The molecule has 31 heavy (non-hydrogen) atoms. The lowest BCUT2D eigenvalue weighted by molar-refractivity contribution is 0.0730. The standard InChI is InChI=1S/C21H25N3O6S/c1-15(16-7-8-19(28-2)20(14-16)29-3)22-23-21(25)17-5-4-6-18(13-17)31(26,27)24-9-11-30-12-10-24/h4-8,13-14,22H,1,9-12H2,2-3H3,(H,23,25). The van der Waals surface area contributed by atoms with Crippen molar-refractivity contribution in [2.24, 2.45) is 0 Å². The van der Waals surface area contributed by atoms with Crippen LogP contribution < -0.4 is 20.3 Å². The number of rotatable bonds is 8. The van der Waals surface area contributed by atoms with Gasteiger partial charge in [0.2, 0.25) is 10.0 Å². The van der Waals surface area contributed by atoms with E-state index < -0.39 is 15.9 Å². The molecule has 0 saturated carbocycles. The minimum absolute atomic E-state index is 0.0563. The van der Waals surface area contributed by atoms with E-state index in [0.29, 0.717) is 36.0 Å². The molecule has 0 aliphatic carbocycles. The van der Waals surface area contributed by atoms with Crippen LogP contribution in [0.3, 0.4) is 0 Å². The Bertz CT molecular complexity index is 1060. The zero-order valence-electron chi connectivity index (χ0n) is 17.4. The van der Waals surface area contributed by atoms with Crippen LogP contribution >= 0.6 is 0 Å². The fourth-order valence-electron chi connectivity index (χ4n) is 3.03. The molecule has 9 nitrogen and oxygen atoms in total. The molecule has 2 aromatic carbocycles. The number of nitrogens with one attached hydrogen (secondary N) is 2. The summed E-state index contributed by atoms with van der Waals surface area (Å²) in [6.07, 6.45) is 0. The van der Waals surface area contributed by atoms with Crippen molar-refractivity contribution in [3.05, 3.63) is 60.2 Å². The number of ether oxygens (including phenoxy) is 3. The first kappa shape index (κ1) is 22.6. The molecule has 0 aromatic heterocycles. The van der Waals surface area contributed by atoms with Crippen molar-refractivity contribution < 1.29 is 27.4 Å². The predicted octanol–water partition coefficient (Wildman–Crippen LogP) is 1.63. The summed E-state index contributed by atoms with van der Waals surface area (Å²) >= 11 is 0. The number of hydrogen-bond donors (Lipinski definition) is 2. The molecule has 10 heteroatoms. The summed E-state index contributed by atoms with van der Waals surface area (Å²) < 4.78 is 42.7. The quantitative estimate of drug-likeness (QED) is 0.593. The highest BCUT2D eigenvalue weighted by Crippen LogP contribution is 2.29. The van der Waals surface area contributed by atoms with Crippen LogP contribution in [-0.4, -0.2) is 59.2 Å². The van der Waals surface area contributed by atoms with Crippen LogP contribution in [0.1, 0.15) is 15.9 Å². The van der Waals surface area contributed by atoms with Crippen LogP contribution in [0.25, 0.3) is 5.70 Å². The normalized spacial score (nSPS) is 14.5. The Morgan fingerprint density at radius 1 is 1.00 bits per heavy atom. The fourth-order valence-corrected chi connectivity index (χ4v) is 4.49. The van der Waals surface area contributed by atoms with Gasteiger partial charge in [-0.25, -0.2) is 8.42 Å². The summed E-state index contributed by atoms with van der Waals surface area (Å²) in [7, 11) is -0.632. The van der Waals surface area contributed by atoms with Gasteiger partial charge in [0, 0.05) is 24.2 Å². The second kappa shape index (κ2) is 9.82. The van der Waals surface area contributed by atoms with E-state index in [9.17, 15) is 13.2 Å². The number of methoxy groups -OCH3 is 2. The zero-order valence-corrected chi connectivity index (χ0v) is 18.2. The Hall–Kier alpha value is -3.08. The molecule has 0 bridgehead atoms. The van der Waals surface area contributed by atoms with Crippen molar-refractivity contribution >= 4 is 21.6 Å². The van der Waals surface area contributed by atoms with Crippen LogP contribution in [0.2, 0.25) is 0 Å². The minimum atomic E-state index is -3.70.